The maximum Gasteiger partial charge on any atom is 0.355 e. The summed E-state index contributed by atoms with van der Waals surface area (Å²) in [5.74, 6) is -0.883. The second-order valence-electron chi connectivity index (χ2n) is 8.63. The lowest BCUT2D eigenvalue weighted by molar-refractivity contribution is -0.140. The molecule has 9 nitrogen and oxygen atoms in total. The maximum absolute atomic E-state index is 13.2. The molecular formula is C23H32N2O7S. The lowest BCUT2D eigenvalue weighted by Gasteiger charge is -2.35. The highest BCUT2D eigenvalue weighted by molar-refractivity contribution is 7.92. The van der Waals surface area contributed by atoms with E-state index in [0.29, 0.717) is 5.92 Å². The number of methoxy groups -OCH3 is 2. The summed E-state index contributed by atoms with van der Waals surface area (Å²) in [5, 5.41) is -0.686. The Morgan fingerprint density at radius 3 is 2.30 bits per heavy atom. The molecule has 1 aromatic carbocycles. The van der Waals surface area contributed by atoms with Gasteiger partial charge in [-0.15, -0.1) is 0 Å². The molecule has 33 heavy (non-hydrogen) atoms. The molecule has 0 amide bonds. The predicted molar refractivity (Wildman–Crippen MR) is 124 cm³/mol. The molecule has 0 bridgehead atoms. The molecule has 0 saturated carbocycles. The van der Waals surface area contributed by atoms with Crippen molar-refractivity contribution in [2.24, 2.45) is 5.92 Å². The van der Waals surface area contributed by atoms with Crippen molar-refractivity contribution in [2.75, 3.05) is 50.4 Å². The highest BCUT2D eigenvalue weighted by Gasteiger charge is 2.36. The van der Waals surface area contributed by atoms with E-state index < -0.39 is 27.0 Å². The molecule has 10 heteroatoms. The number of esters is 2. The van der Waals surface area contributed by atoms with Gasteiger partial charge in [0.05, 0.1) is 42.2 Å². The molecule has 0 unspecified atom stereocenters. The van der Waals surface area contributed by atoms with Crippen LogP contribution in [0, 0.1) is 5.92 Å². The number of ether oxygens (including phenoxy) is 3. The quantitative estimate of drug-likeness (QED) is 0.568. The smallest absolute Gasteiger partial charge is 0.355 e. The number of nitrogens with zero attached hydrogens (tertiary/aromatic N) is 2. The SMILES string of the molecule is COC(=O)C1=C(C(=O)OC)N(c2cc(N3CCC(C)CC3)ccc2S(=O)(=O)C(C)C)COC1. The van der Waals surface area contributed by atoms with E-state index in [1.54, 1.807) is 32.0 Å². The van der Waals surface area contributed by atoms with E-state index in [9.17, 15) is 18.0 Å². The fourth-order valence-corrected chi connectivity index (χ4v) is 5.23. The van der Waals surface area contributed by atoms with Gasteiger partial charge in [0.25, 0.3) is 0 Å². The van der Waals surface area contributed by atoms with Crippen LogP contribution in [0.4, 0.5) is 11.4 Å². The topological polar surface area (TPSA) is 102 Å². The molecule has 2 heterocycles. The van der Waals surface area contributed by atoms with Crippen molar-refractivity contribution in [1.82, 2.24) is 0 Å². The van der Waals surface area contributed by atoms with Crippen molar-refractivity contribution in [3.8, 4) is 0 Å². The Hall–Kier alpha value is -2.59. The molecule has 0 spiro atoms. The van der Waals surface area contributed by atoms with Crippen LogP contribution in [0.15, 0.2) is 34.4 Å². The fraction of sp³-hybridized carbons (Fsp3) is 0.565. The van der Waals surface area contributed by atoms with Crippen LogP contribution in [0.5, 0.6) is 0 Å². The number of carbonyl (C=O) groups is 2. The summed E-state index contributed by atoms with van der Waals surface area (Å²) < 4.78 is 41.8. The maximum atomic E-state index is 13.2. The van der Waals surface area contributed by atoms with Crippen LogP contribution in [0.2, 0.25) is 0 Å². The standard InChI is InChI=1S/C23H32N2O7S/c1-15(2)33(28,29)20-7-6-17(24-10-8-16(3)9-11-24)12-19(20)25-14-32-13-18(22(26)30-4)21(25)23(27)31-5/h6-7,12,15-16H,8-11,13-14H2,1-5H3. The highest BCUT2D eigenvalue weighted by Crippen LogP contribution is 2.37. The lowest BCUT2D eigenvalue weighted by atomic mass is 9.99. The Labute approximate surface area is 195 Å². The Bertz CT molecular complexity index is 1040. The summed E-state index contributed by atoms with van der Waals surface area (Å²) in [7, 11) is -1.31. The molecule has 182 valence electrons. The molecule has 3 rings (SSSR count). The minimum absolute atomic E-state index is 0.0271. The zero-order valence-corrected chi connectivity index (χ0v) is 20.6. The van der Waals surface area contributed by atoms with Crippen molar-refractivity contribution >= 4 is 33.2 Å². The van der Waals surface area contributed by atoms with Crippen LogP contribution in [0.25, 0.3) is 0 Å². The summed E-state index contributed by atoms with van der Waals surface area (Å²) >= 11 is 0. The van der Waals surface area contributed by atoms with Gasteiger partial charge in [0.15, 0.2) is 9.84 Å². The minimum Gasteiger partial charge on any atom is -0.466 e. The third-order valence-corrected chi connectivity index (χ3v) is 8.34. The number of piperidine rings is 1. The third-order valence-electron chi connectivity index (χ3n) is 6.14. The molecule has 0 atom stereocenters. The van der Waals surface area contributed by atoms with Gasteiger partial charge in [0.1, 0.15) is 12.4 Å². The van der Waals surface area contributed by atoms with Gasteiger partial charge >= 0.3 is 11.9 Å². The van der Waals surface area contributed by atoms with Gasteiger partial charge in [-0.1, -0.05) is 6.92 Å². The fourth-order valence-electron chi connectivity index (χ4n) is 4.01. The van der Waals surface area contributed by atoms with Gasteiger partial charge in [-0.3, -0.25) is 0 Å². The number of hydrogen-bond acceptors (Lipinski definition) is 9. The molecule has 2 aliphatic rings. The van der Waals surface area contributed by atoms with Crippen LogP contribution >= 0.6 is 0 Å². The first-order valence-electron chi connectivity index (χ1n) is 11.0. The molecule has 1 saturated heterocycles. The summed E-state index contributed by atoms with van der Waals surface area (Å²) in [6.45, 7) is 6.84. The van der Waals surface area contributed by atoms with E-state index in [2.05, 4.69) is 11.8 Å². The average molecular weight is 481 g/mol. The second-order valence-corrected chi connectivity index (χ2v) is 11.1. The molecule has 1 aromatic rings. The number of hydrogen-bond donors (Lipinski definition) is 0. The van der Waals surface area contributed by atoms with Crippen LogP contribution in [-0.4, -0.2) is 66.3 Å². The summed E-state index contributed by atoms with van der Waals surface area (Å²) in [6.07, 6.45) is 2.07. The highest BCUT2D eigenvalue weighted by atomic mass is 32.2. The largest absolute Gasteiger partial charge is 0.466 e. The van der Waals surface area contributed by atoms with E-state index in [0.717, 1.165) is 31.6 Å². The summed E-state index contributed by atoms with van der Waals surface area (Å²) in [5.41, 5.74) is 0.997. The summed E-state index contributed by atoms with van der Waals surface area (Å²) in [6, 6.07) is 5.11. The molecule has 0 radical (unpaired) electrons. The Kier molecular flexibility index (Phi) is 7.69. The van der Waals surface area contributed by atoms with Crippen molar-refractivity contribution < 1.29 is 32.2 Å². The molecule has 1 fully saturated rings. The van der Waals surface area contributed by atoms with E-state index >= 15 is 0 Å². The number of sulfone groups is 1. The van der Waals surface area contributed by atoms with Gasteiger partial charge < -0.3 is 24.0 Å². The van der Waals surface area contributed by atoms with E-state index in [4.69, 9.17) is 14.2 Å². The molecule has 0 aromatic heterocycles. The molecular weight excluding hydrogens is 448 g/mol. The normalized spacial score (nSPS) is 18.0. The van der Waals surface area contributed by atoms with E-state index in [1.807, 2.05) is 0 Å². The van der Waals surface area contributed by atoms with Crippen molar-refractivity contribution in [2.45, 2.75) is 43.8 Å². The number of benzene rings is 1. The second kappa shape index (κ2) is 10.1. The monoisotopic (exact) mass is 480 g/mol. The number of carbonyl (C=O) groups excluding carboxylic acids is 2. The molecule has 0 aliphatic carbocycles. The lowest BCUT2D eigenvalue weighted by Crippen LogP contribution is -2.40. The van der Waals surface area contributed by atoms with Gasteiger partial charge in [0.2, 0.25) is 0 Å². The molecule has 2 aliphatic heterocycles. The summed E-state index contributed by atoms with van der Waals surface area (Å²) in [4.78, 5) is 28.8. The Morgan fingerprint density at radius 1 is 1.09 bits per heavy atom. The van der Waals surface area contributed by atoms with Crippen molar-refractivity contribution in [1.29, 1.82) is 0 Å². The first-order valence-corrected chi connectivity index (χ1v) is 12.5. The van der Waals surface area contributed by atoms with Crippen LogP contribution in [-0.2, 0) is 33.6 Å². The average Bonchev–Trinajstić information content (AvgIpc) is 2.82. The zero-order valence-electron chi connectivity index (χ0n) is 19.8. The first kappa shape index (κ1) is 25.0. The van der Waals surface area contributed by atoms with E-state index in [-0.39, 0.29) is 35.2 Å². The zero-order chi connectivity index (χ0) is 24.3. The van der Waals surface area contributed by atoms with Crippen LogP contribution < -0.4 is 9.80 Å². The first-order chi connectivity index (χ1) is 15.6. The Balaban J connectivity index is 2.21. The van der Waals surface area contributed by atoms with E-state index in [1.165, 1.54) is 19.1 Å². The predicted octanol–water partition coefficient (Wildman–Crippen LogP) is 2.50. The van der Waals surface area contributed by atoms with Crippen molar-refractivity contribution in [3.05, 3.63) is 29.5 Å². The van der Waals surface area contributed by atoms with Crippen molar-refractivity contribution in [3.63, 3.8) is 0 Å². The van der Waals surface area contributed by atoms with Gasteiger partial charge in [0, 0.05) is 18.8 Å². The number of anilines is 2. The van der Waals surface area contributed by atoms with Gasteiger partial charge in [-0.2, -0.15) is 0 Å². The Morgan fingerprint density at radius 2 is 1.73 bits per heavy atom. The number of rotatable bonds is 6. The minimum atomic E-state index is -3.72. The molecule has 0 N–H and O–H groups in total. The van der Waals surface area contributed by atoms with Crippen LogP contribution in [0.3, 0.4) is 0 Å². The van der Waals surface area contributed by atoms with Crippen LogP contribution in [0.1, 0.15) is 33.6 Å². The third kappa shape index (κ3) is 5.01. The van der Waals surface area contributed by atoms with Gasteiger partial charge in [-0.05, 0) is 50.8 Å². The van der Waals surface area contributed by atoms with Gasteiger partial charge in [-0.25, -0.2) is 18.0 Å².